The van der Waals surface area contributed by atoms with Crippen molar-refractivity contribution in [1.82, 2.24) is 5.32 Å². The van der Waals surface area contributed by atoms with Crippen LogP contribution in [0.4, 0.5) is 4.39 Å². The monoisotopic (exact) mass is 305 g/mol. The van der Waals surface area contributed by atoms with E-state index in [4.69, 9.17) is 4.74 Å². The predicted octanol–water partition coefficient (Wildman–Crippen LogP) is 4.06. The van der Waals surface area contributed by atoms with Gasteiger partial charge in [0.2, 0.25) is 0 Å². The van der Waals surface area contributed by atoms with Crippen molar-refractivity contribution >= 4 is 11.8 Å². The molecule has 112 valence electrons. The van der Waals surface area contributed by atoms with E-state index in [1.807, 2.05) is 13.1 Å². The number of methoxy groups -OCH3 is 1. The van der Waals surface area contributed by atoms with Crippen molar-refractivity contribution in [2.24, 2.45) is 0 Å². The Hall–Kier alpha value is -1.52. The molecule has 4 heteroatoms. The number of hydrogen-bond acceptors (Lipinski definition) is 3. The summed E-state index contributed by atoms with van der Waals surface area (Å²) in [5.74, 6) is 0.0149. The average Bonchev–Trinajstić information content (AvgIpc) is 2.54. The molecule has 0 aromatic heterocycles. The van der Waals surface area contributed by atoms with Gasteiger partial charge in [0.25, 0.3) is 0 Å². The zero-order valence-electron chi connectivity index (χ0n) is 12.5. The van der Waals surface area contributed by atoms with E-state index in [1.54, 1.807) is 23.9 Å². The Morgan fingerprint density at radius 2 is 1.90 bits per heavy atom. The third-order valence-corrected chi connectivity index (χ3v) is 4.30. The third kappa shape index (κ3) is 3.77. The molecule has 2 aromatic carbocycles. The summed E-state index contributed by atoms with van der Waals surface area (Å²) in [4.78, 5) is 1.22. The maximum Gasteiger partial charge on any atom is 0.168 e. The molecule has 0 spiro atoms. The topological polar surface area (TPSA) is 21.3 Å². The molecule has 1 unspecified atom stereocenters. The summed E-state index contributed by atoms with van der Waals surface area (Å²) in [6.07, 6.45) is 2.63. The van der Waals surface area contributed by atoms with Crippen LogP contribution in [0.1, 0.15) is 17.2 Å². The molecule has 0 saturated carbocycles. The zero-order chi connectivity index (χ0) is 15.2. The first-order valence-corrected chi connectivity index (χ1v) is 8.04. The number of thioether (sulfide) groups is 1. The molecule has 0 bridgehead atoms. The molecule has 0 aliphatic heterocycles. The van der Waals surface area contributed by atoms with Crippen LogP contribution in [-0.2, 0) is 6.42 Å². The smallest absolute Gasteiger partial charge is 0.168 e. The van der Waals surface area contributed by atoms with Crippen molar-refractivity contribution in [3.05, 3.63) is 59.4 Å². The summed E-state index contributed by atoms with van der Waals surface area (Å²) in [5.41, 5.74) is 1.81. The number of halogens is 1. The van der Waals surface area contributed by atoms with Gasteiger partial charge in [0.1, 0.15) is 0 Å². The summed E-state index contributed by atoms with van der Waals surface area (Å²) >= 11 is 1.71. The van der Waals surface area contributed by atoms with Crippen molar-refractivity contribution in [3.8, 4) is 5.75 Å². The number of rotatable bonds is 6. The Morgan fingerprint density at radius 3 is 2.48 bits per heavy atom. The largest absolute Gasteiger partial charge is 0.494 e. The molecule has 0 amide bonds. The van der Waals surface area contributed by atoms with Gasteiger partial charge in [-0.05, 0) is 49.1 Å². The van der Waals surface area contributed by atoms with Gasteiger partial charge in [-0.1, -0.05) is 24.3 Å². The van der Waals surface area contributed by atoms with Crippen LogP contribution in [0.15, 0.2) is 47.4 Å². The summed E-state index contributed by atoms with van der Waals surface area (Å²) in [7, 11) is 3.38. The van der Waals surface area contributed by atoms with Gasteiger partial charge < -0.3 is 10.1 Å². The summed E-state index contributed by atoms with van der Waals surface area (Å²) in [6.45, 7) is 0. The van der Waals surface area contributed by atoms with Crippen molar-refractivity contribution in [3.63, 3.8) is 0 Å². The van der Waals surface area contributed by atoms with Gasteiger partial charge in [-0.2, -0.15) is 0 Å². The second-order valence-electron chi connectivity index (χ2n) is 4.75. The maximum atomic E-state index is 14.2. The van der Waals surface area contributed by atoms with Crippen LogP contribution >= 0.6 is 11.8 Å². The van der Waals surface area contributed by atoms with E-state index in [0.717, 1.165) is 5.56 Å². The maximum absolute atomic E-state index is 14.2. The number of benzene rings is 2. The molecule has 0 fully saturated rings. The van der Waals surface area contributed by atoms with Crippen LogP contribution in [0.25, 0.3) is 0 Å². The summed E-state index contributed by atoms with van der Waals surface area (Å²) < 4.78 is 19.3. The van der Waals surface area contributed by atoms with Gasteiger partial charge in [-0.3, -0.25) is 0 Å². The molecular formula is C17H20FNOS. The van der Waals surface area contributed by atoms with Crippen molar-refractivity contribution in [1.29, 1.82) is 0 Å². The van der Waals surface area contributed by atoms with Gasteiger partial charge in [-0.15, -0.1) is 11.8 Å². The minimum absolute atomic E-state index is 0.0718. The second kappa shape index (κ2) is 7.48. The molecule has 1 atom stereocenters. The fraction of sp³-hybridized carbons (Fsp3) is 0.294. The number of likely N-dealkylation sites (N-methyl/N-ethyl adjacent to an activating group) is 1. The van der Waals surface area contributed by atoms with E-state index in [1.165, 1.54) is 12.0 Å². The SMILES string of the molecule is CNC(Cc1cccc(OC)c1F)c1ccc(SC)cc1. The first-order chi connectivity index (χ1) is 10.2. The molecule has 2 aromatic rings. The molecule has 21 heavy (non-hydrogen) atoms. The molecule has 0 radical (unpaired) electrons. The molecule has 0 heterocycles. The highest BCUT2D eigenvalue weighted by Crippen LogP contribution is 2.26. The Bertz CT molecular complexity index is 586. The van der Waals surface area contributed by atoms with E-state index in [0.29, 0.717) is 17.7 Å². The molecular weight excluding hydrogens is 285 g/mol. The van der Waals surface area contributed by atoms with Crippen LogP contribution in [0.3, 0.4) is 0 Å². The van der Waals surface area contributed by atoms with Crippen molar-refractivity contribution < 1.29 is 9.13 Å². The zero-order valence-corrected chi connectivity index (χ0v) is 13.3. The van der Waals surface area contributed by atoms with E-state index >= 15 is 0 Å². The lowest BCUT2D eigenvalue weighted by Crippen LogP contribution is -2.19. The normalized spacial score (nSPS) is 12.2. The molecule has 0 aliphatic rings. The Kier molecular flexibility index (Phi) is 5.65. The van der Waals surface area contributed by atoms with Crippen LogP contribution in [0, 0.1) is 5.82 Å². The molecule has 0 saturated heterocycles. The third-order valence-electron chi connectivity index (χ3n) is 3.55. The van der Waals surface area contributed by atoms with E-state index < -0.39 is 0 Å². The highest BCUT2D eigenvalue weighted by atomic mass is 32.2. The van der Waals surface area contributed by atoms with E-state index in [-0.39, 0.29) is 11.9 Å². The first kappa shape index (κ1) is 15.9. The van der Waals surface area contributed by atoms with Crippen LogP contribution in [0.2, 0.25) is 0 Å². The minimum atomic E-state index is -0.277. The lowest BCUT2D eigenvalue weighted by Gasteiger charge is -2.18. The van der Waals surface area contributed by atoms with Crippen molar-refractivity contribution in [2.45, 2.75) is 17.4 Å². The predicted molar refractivity (Wildman–Crippen MR) is 86.7 cm³/mol. The highest BCUT2D eigenvalue weighted by Gasteiger charge is 2.15. The van der Waals surface area contributed by atoms with Crippen LogP contribution < -0.4 is 10.1 Å². The number of ether oxygens (including phenoxy) is 1. The first-order valence-electron chi connectivity index (χ1n) is 6.82. The number of hydrogen-bond donors (Lipinski definition) is 1. The fourth-order valence-electron chi connectivity index (χ4n) is 2.31. The van der Waals surface area contributed by atoms with Crippen LogP contribution in [-0.4, -0.2) is 20.4 Å². The molecule has 2 nitrogen and oxygen atoms in total. The summed E-state index contributed by atoms with van der Waals surface area (Å²) in [5, 5.41) is 3.25. The quantitative estimate of drug-likeness (QED) is 0.813. The van der Waals surface area contributed by atoms with Crippen LogP contribution in [0.5, 0.6) is 5.75 Å². The van der Waals surface area contributed by atoms with E-state index in [9.17, 15) is 4.39 Å². The summed E-state index contributed by atoms with van der Waals surface area (Å²) in [6, 6.07) is 13.7. The highest BCUT2D eigenvalue weighted by molar-refractivity contribution is 7.98. The molecule has 0 aliphatic carbocycles. The fourth-order valence-corrected chi connectivity index (χ4v) is 2.72. The standard InChI is InChI=1S/C17H20FNOS/c1-19-15(12-7-9-14(21-3)10-8-12)11-13-5-4-6-16(20-2)17(13)18/h4-10,15,19H,11H2,1-3H3. The lowest BCUT2D eigenvalue weighted by atomic mass is 9.98. The van der Waals surface area contributed by atoms with Gasteiger partial charge >= 0.3 is 0 Å². The Balaban J connectivity index is 2.22. The Morgan fingerprint density at radius 1 is 1.19 bits per heavy atom. The second-order valence-corrected chi connectivity index (χ2v) is 5.63. The van der Waals surface area contributed by atoms with Crippen molar-refractivity contribution in [2.75, 3.05) is 20.4 Å². The van der Waals surface area contributed by atoms with Gasteiger partial charge in [0.15, 0.2) is 11.6 Å². The lowest BCUT2D eigenvalue weighted by molar-refractivity contribution is 0.383. The molecule has 2 rings (SSSR count). The Labute approximate surface area is 129 Å². The molecule has 1 N–H and O–H groups in total. The van der Waals surface area contributed by atoms with Gasteiger partial charge in [-0.25, -0.2) is 4.39 Å². The number of nitrogens with one attached hydrogen (secondary N) is 1. The van der Waals surface area contributed by atoms with Gasteiger partial charge in [0, 0.05) is 10.9 Å². The average molecular weight is 305 g/mol. The minimum Gasteiger partial charge on any atom is -0.494 e. The van der Waals surface area contributed by atoms with E-state index in [2.05, 4.69) is 35.8 Å². The van der Waals surface area contributed by atoms with Gasteiger partial charge in [0.05, 0.1) is 7.11 Å².